The van der Waals surface area contributed by atoms with E-state index in [9.17, 15) is 4.79 Å². The number of ether oxygens (including phenoxy) is 1. The van der Waals surface area contributed by atoms with Gasteiger partial charge in [-0.2, -0.15) is 0 Å². The third-order valence-electron chi connectivity index (χ3n) is 2.09. The highest BCUT2D eigenvalue weighted by Crippen LogP contribution is 2.20. The molecule has 0 radical (unpaired) electrons. The zero-order valence-electron chi connectivity index (χ0n) is 9.26. The van der Waals surface area contributed by atoms with Crippen LogP contribution in [0.15, 0.2) is 0 Å². The Hall–Kier alpha value is -1.01. The minimum absolute atomic E-state index is 0.0846. The monoisotopic (exact) mass is 195 g/mol. The van der Waals surface area contributed by atoms with Crippen molar-refractivity contribution in [2.75, 3.05) is 13.1 Å². The molecule has 14 heavy (non-hydrogen) atoms. The average Bonchev–Trinajstić information content (AvgIpc) is 2.00. The number of carbonyl (C=O) groups excluding carboxylic acids is 1. The molecule has 0 bridgehead atoms. The molecule has 1 rings (SSSR count). The van der Waals surface area contributed by atoms with E-state index < -0.39 is 0 Å². The van der Waals surface area contributed by atoms with E-state index in [4.69, 9.17) is 4.74 Å². The Kier molecular flexibility index (Phi) is 3.17. The van der Waals surface area contributed by atoms with E-state index in [2.05, 4.69) is 11.8 Å². The Morgan fingerprint density at radius 2 is 2.21 bits per heavy atom. The van der Waals surface area contributed by atoms with Crippen LogP contribution in [0.1, 0.15) is 27.7 Å². The molecule has 1 heterocycles. The molecule has 0 saturated carbocycles. The quantitative estimate of drug-likeness (QED) is 0.540. The molecule has 0 aromatic heterocycles. The summed E-state index contributed by atoms with van der Waals surface area (Å²) in [7, 11) is 0. The van der Waals surface area contributed by atoms with E-state index in [0.717, 1.165) is 0 Å². The van der Waals surface area contributed by atoms with Crippen molar-refractivity contribution in [3.8, 4) is 11.8 Å². The number of rotatable bonds is 0. The van der Waals surface area contributed by atoms with E-state index in [0.29, 0.717) is 13.1 Å². The second-order valence-electron chi connectivity index (χ2n) is 4.25. The standard InChI is InChI=1S/C11H17NO2/c1-5-6-10(13)12-7-9(2)14-11(3,4)8-12/h9H,7-8H2,1-4H3/t9-/m1/s1. The van der Waals surface area contributed by atoms with E-state index in [1.165, 1.54) is 0 Å². The molecule has 3 heteroatoms. The SMILES string of the molecule is CC#CC(=O)N1C[C@@H](C)OC(C)(C)C1. The van der Waals surface area contributed by atoms with Crippen molar-refractivity contribution in [1.29, 1.82) is 0 Å². The summed E-state index contributed by atoms with van der Waals surface area (Å²) in [4.78, 5) is 13.3. The van der Waals surface area contributed by atoms with Gasteiger partial charge in [-0.1, -0.05) is 5.92 Å². The van der Waals surface area contributed by atoms with Crippen LogP contribution >= 0.6 is 0 Å². The topological polar surface area (TPSA) is 29.5 Å². The minimum Gasteiger partial charge on any atom is -0.369 e. The van der Waals surface area contributed by atoms with Gasteiger partial charge in [-0.15, -0.1) is 0 Å². The van der Waals surface area contributed by atoms with Gasteiger partial charge in [-0.25, -0.2) is 0 Å². The fraction of sp³-hybridized carbons (Fsp3) is 0.727. The maximum atomic E-state index is 11.5. The van der Waals surface area contributed by atoms with Crippen LogP contribution in [0.25, 0.3) is 0 Å². The van der Waals surface area contributed by atoms with Crippen molar-refractivity contribution in [3.63, 3.8) is 0 Å². The van der Waals surface area contributed by atoms with E-state index in [-0.39, 0.29) is 17.6 Å². The van der Waals surface area contributed by atoms with Gasteiger partial charge in [0.1, 0.15) is 0 Å². The summed E-state index contributed by atoms with van der Waals surface area (Å²) in [6.45, 7) is 8.87. The average molecular weight is 195 g/mol. The first-order valence-electron chi connectivity index (χ1n) is 4.84. The summed E-state index contributed by atoms with van der Waals surface area (Å²) in [5.74, 6) is 5.08. The summed E-state index contributed by atoms with van der Waals surface area (Å²) in [6.07, 6.45) is 0.0846. The van der Waals surface area contributed by atoms with Crippen LogP contribution in [0.2, 0.25) is 0 Å². The zero-order chi connectivity index (χ0) is 10.8. The first-order valence-corrected chi connectivity index (χ1v) is 4.84. The number of nitrogens with zero attached hydrogens (tertiary/aromatic N) is 1. The highest BCUT2D eigenvalue weighted by Gasteiger charge is 2.32. The Labute approximate surface area is 85.4 Å². The van der Waals surface area contributed by atoms with Gasteiger partial charge in [0, 0.05) is 6.54 Å². The van der Waals surface area contributed by atoms with Gasteiger partial charge in [0.05, 0.1) is 18.2 Å². The molecular formula is C11H17NO2. The van der Waals surface area contributed by atoms with Gasteiger partial charge in [-0.3, -0.25) is 4.79 Å². The molecule has 1 saturated heterocycles. The summed E-state index contributed by atoms with van der Waals surface area (Å²) < 4.78 is 5.69. The molecule has 1 fully saturated rings. The molecule has 0 aromatic rings. The van der Waals surface area contributed by atoms with Gasteiger partial charge < -0.3 is 9.64 Å². The molecule has 0 aromatic carbocycles. The summed E-state index contributed by atoms with van der Waals surface area (Å²) in [6, 6.07) is 0. The van der Waals surface area contributed by atoms with Gasteiger partial charge in [0.2, 0.25) is 0 Å². The number of morpholine rings is 1. The highest BCUT2D eigenvalue weighted by molar-refractivity contribution is 5.93. The van der Waals surface area contributed by atoms with Gasteiger partial charge in [0.25, 0.3) is 5.91 Å². The molecule has 0 aliphatic carbocycles. The predicted molar refractivity (Wildman–Crippen MR) is 54.7 cm³/mol. The fourth-order valence-corrected chi connectivity index (χ4v) is 1.79. The molecule has 0 spiro atoms. The van der Waals surface area contributed by atoms with Crippen LogP contribution < -0.4 is 0 Å². The maximum absolute atomic E-state index is 11.5. The van der Waals surface area contributed by atoms with Crippen LogP contribution in [0.5, 0.6) is 0 Å². The second kappa shape index (κ2) is 4.02. The van der Waals surface area contributed by atoms with Gasteiger partial charge in [0.15, 0.2) is 0 Å². The highest BCUT2D eigenvalue weighted by atomic mass is 16.5. The lowest BCUT2D eigenvalue weighted by molar-refractivity contribution is -0.153. The first kappa shape index (κ1) is 11.1. The van der Waals surface area contributed by atoms with Gasteiger partial charge >= 0.3 is 0 Å². The number of hydrogen-bond donors (Lipinski definition) is 0. The number of carbonyl (C=O) groups is 1. The van der Waals surface area contributed by atoms with Crippen molar-refractivity contribution in [2.45, 2.75) is 39.4 Å². The third kappa shape index (κ3) is 2.74. The third-order valence-corrected chi connectivity index (χ3v) is 2.09. The summed E-state index contributed by atoms with van der Waals surface area (Å²) in [5.41, 5.74) is -0.261. The van der Waals surface area contributed by atoms with Crippen molar-refractivity contribution in [3.05, 3.63) is 0 Å². The molecule has 1 aliphatic rings. The van der Waals surface area contributed by atoms with E-state index in [1.54, 1.807) is 11.8 Å². The Morgan fingerprint density at radius 1 is 1.57 bits per heavy atom. The Balaban J connectivity index is 2.70. The van der Waals surface area contributed by atoms with Crippen LogP contribution in [-0.4, -0.2) is 35.6 Å². The lowest BCUT2D eigenvalue weighted by atomic mass is 10.1. The lowest BCUT2D eigenvalue weighted by Crippen LogP contribution is -2.53. The molecule has 1 atom stereocenters. The van der Waals surface area contributed by atoms with Crippen molar-refractivity contribution in [1.82, 2.24) is 4.90 Å². The van der Waals surface area contributed by atoms with Crippen LogP contribution in [0, 0.1) is 11.8 Å². The molecule has 1 amide bonds. The molecule has 0 N–H and O–H groups in total. The fourth-order valence-electron chi connectivity index (χ4n) is 1.79. The Morgan fingerprint density at radius 3 is 2.71 bits per heavy atom. The number of amides is 1. The van der Waals surface area contributed by atoms with Crippen molar-refractivity contribution < 1.29 is 9.53 Å². The molecule has 3 nitrogen and oxygen atoms in total. The maximum Gasteiger partial charge on any atom is 0.298 e. The summed E-state index contributed by atoms with van der Waals surface area (Å²) >= 11 is 0. The first-order chi connectivity index (χ1) is 6.44. The second-order valence-corrected chi connectivity index (χ2v) is 4.25. The minimum atomic E-state index is -0.261. The molecule has 0 unspecified atom stereocenters. The molecule has 1 aliphatic heterocycles. The van der Waals surface area contributed by atoms with Crippen molar-refractivity contribution >= 4 is 5.91 Å². The van der Waals surface area contributed by atoms with Crippen LogP contribution in [-0.2, 0) is 9.53 Å². The Bertz CT molecular complexity index is 285. The summed E-state index contributed by atoms with van der Waals surface area (Å²) in [5, 5.41) is 0. The van der Waals surface area contributed by atoms with Crippen LogP contribution in [0.4, 0.5) is 0 Å². The predicted octanol–water partition coefficient (Wildman–Crippen LogP) is 1.04. The van der Waals surface area contributed by atoms with Crippen molar-refractivity contribution in [2.24, 2.45) is 0 Å². The van der Waals surface area contributed by atoms with Gasteiger partial charge in [-0.05, 0) is 33.6 Å². The lowest BCUT2D eigenvalue weighted by Gasteiger charge is -2.40. The van der Waals surface area contributed by atoms with Crippen LogP contribution in [0.3, 0.4) is 0 Å². The zero-order valence-corrected chi connectivity index (χ0v) is 9.26. The smallest absolute Gasteiger partial charge is 0.298 e. The number of hydrogen-bond acceptors (Lipinski definition) is 2. The molecular weight excluding hydrogens is 178 g/mol. The van der Waals surface area contributed by atoms with E-state index in [1.807, 2.05) is 20.8 Å². The largest absolute Gasteiger partial charge is 0.369 e. The normalized spacial score (nSPS) is 25.1. The van der Waals surface area contributed by atoms with E-state index >= 15 is 0 Å². The molecule has 78 valence electrons.